The van der Waals surface area contributed by atoms with Gasteiger partial charge in [-0.1, -0.05) is 12.1 Å². The van der Waals surface area contributed by atoms with Gasteiger partial charge in [0.05, 0.1) is 12.1 Å². The average Bonchev–Trinajstić information content (AvgIpc) is 2.51. The van der Waals surface area contributed by atoms with E-state index in [-0.39, 0.29) is 18.7 Å². The Bertz CT molecular complexity index is 670. The summed E-state index contributed by atoms with van der Waals surface area (Å²) in [6, 6.07) is 9.32. The van der Waals surface area contributed by atoms with Crippen LogP contribution in [0.5, 0.6) is 5.75 Å². The molecule has 0 aliphatic carbocycles. The van der Waals surface area contributed by atoms with Crippen molar-refractivity contribution in [1.82, 2.24) is 10.3 Å². The molecule has 122 valence electrons. The molecular weight excluding hydrogens is 309 g/mol. The number of alkyl halides is 3. The molecule has 1 amide bonds. The van der Waals surface area contributed by atoms with Crippen molar-refractivity contribution in [3.63, 3.8) is 0 Å². The zero-order valence-corrected chi connectivity index (χ0v) is 12.4. The number of hydrogen-bond acceptors (Lipinski definition) is 3. The van der Waals surface area contributed by atoms with E-state index in [2.05, 4.69) is 10.3 Å². The largest absolute Gasteiger partial charge is 0.492 e. The molecule has 1 heterocycles. The van der Waals surface area contributed by atoms with E-state index >= 15 is 0 Å². The van der Waals surface area contributed by atoms with E-state index in [9.17, 15) is 18.0 Å². The second kappa shape index (κ2) is 7.13. The number of carbonyl (C=O) groups excluding carboxylic acids is 1. The van der Waals surface area contributed by atoms with Gasteiger partial charge in [-0.3, -0.25) is 9.78 Å². The minimum absolute atomic E-state index is 0.0635. The van der Waals surface area contributed by atoms with Gasteiger partial charge in [0.1, 0.15) is 18.1 Å². The zero-order chi connectivity index (χ0) is 16.9. The maximum atomic E-state index is 12.4. The molecule has 1 aromatic heterocycles. The zero-order valence-electron chi connectivity index (χ0n) is 12.4. The molecule has 0 saturated carbocycles. The van der Waals surface area contributed by atoms with Gasteiger partial charge in [-0.15, -0.1) is 0 Å². The summed E-state index contributed by atoms with van der Waals surface area (Å²) in [5.74, 6) is 0.189. The van der Waals surface area contributed by atoms with Gasteiger partial charge in [0, 0.05) is 6.20 Å². The Morgan fingerprint density at radius 3 is 2.65 bits per heavy atom. The van der Waals surface area contributed by atoms with Gasteiger partial charge in [-0.05, 0) is 36.8 Å². The van der Waals surface area contributed by atoms with Crippen LogP contribution in [0.4, 0.5) is 13.2 Å². The van der Waals surface area contributed by atoms with Crippen LogP contribution < -0.4 is 10.1 Å². The van der Waals surface area contributed by atoms with Gasteiger partial charge >= 0.3 is 6.18 Å². The lowest BCUT2D eigenvalue weighted by Gasteiger charge is -2.09. The highest BCUT2D eigenvalue weighted by atomic mass is 19.4. The van der Waals surface area contributed by atoms with Crippen molar-refractivity contribution in [1.29, 1.82) is 0 Å². The topological polar surface area (TPSA) is 51.2 Å². The predicted molar refractivity (Wildman–Crippen MR) is 78.2 cm³/mol. The molecule has 0 spiro atoms. The minimum atomic E-state index is -4.52. The van der Waals surface area contributed by atoms with Gasteiger partial charge in [-0.25, -0.2) is 0 Å². The molecule has 0 aliphatic rings. The number of pyridine rings is 1. The van der Waals surface area contributed by atoms with Crippen LogP contribution in [0.25, 0.3) is 0 Å². The maximum Gasteiger partial charge on any atom is 0.433 e. The molecule has 1 N–H and O–H groups in total. The highest BCUT2D eigenvalue weighted by Gasteiger charge is 2.32. The van der Waals surface area contributed by atoms with E-state index in [1.165, 1.54) is 0 Å². The third-order valence-corrected chi connectivity index (χ3v) is 2.96. The molecule has 0 aliphatic heterocycles. The first kappa shape index (κ1) is 16.8. The first-order valence-electron chi connectivity index (χ1n) is 6.87. The molecule has 23 heavy (non-hydrogen) atoms. The van der Waals surface area contributed by atoms with Crippen LogP contribution in [0.1, 0.15) is 21.6 Å². The quantitative estimate of drug-likeness (QED) is 0.859. The molecule has 4 nitrogen and oxygen atoms in total. The van der Waals surface area contributed by atoms with Crippen LogP contribution in [0, 0.1) is 6.92 Å². The number of aromatic nitrogens is 1. The molecular formula is C16H15F3N2O2. The van der Waals surface area contributed by atoms with Crippen molar-refractivity contribution >= 4 is 5.91 Å². The predicted octanol–water partition coefficient (Wildman–Crippen LogP) is 3.22. The van der Waals surface area contributed by atoms with Crippen molar-refractivity contribution in [2.75, 3.05) is 13.2 Å². The summed E-state index contributed by atoms with van der Waals surface area (Å²) in [6.07, 6.45) is -3.61. The summed E-state index contributed by atoms with van der Waals surface area (Å²) in [4.78, 5) is 15.0. The van der Waals surface area contributed by atoms with Gasteiger partial charge in [-0.2, -0.15) is 13.2 Å². The Morgan fingerprint density at radius 2 is 2.04 bits per heavy atom. The number of benzene rings is 1. The third-order valence-electron chi connectivity index (χ3n) is 2.96. The number of amides is 1. The molecule has 0 saturated heterocycles. The van der Waals surface area contributed by atoms with Crippen LogP contribution in [0.3, 0.4) is 0 Å². The number of rotatable bonds is 5. The smallest absolute Gasteiger partial charge is 0.433 e. The van der Waals surface area contributed by atoms with Crippen molar-refractivity contribution in [2.24, 2.45) is 0 Å². The van der Waals surface area contributed by atoms with E-state index in [4.69, 9.17) is 4.74 Å². The van der Waals surface area contributed by atoms with Gasteiger partial charge in [0.15, 0.2) is 0 Å². The van der Waals surface area contributed by atoms with Gasteiger partial charge < -0.3 is 10.1 Å². The number of nitrogens with zero attached hydrogens (tertiary/aromatic N) is 1. The van der Waals surface area contributed by atoms with Crippen molar-refractivity contribution < 1.29 is 22.7 Å². The van der Waals surface area contributed by atoms with Gasteiger partial charge in [0.25, 0.3) is 5.91 Å². The summed E-state index contributed by atoms with van der Waals surface area (Å²) in [5, 5.41) is 2.56. The van der Waals surface area contributed by atoms with E-state index in [0.717, 1.165) is 23.9 Å². The van der Waals surface area contributed by atoms with Crippen LogP contribution in [0.2, 0.25) is 0 Å². The van der Waals surface area contributed by atoms with E-state index < -0.39 is 17.8 Å². The summed E-state index contributed by atoms with van der Waals surface area (Å²) >= 11 is 0. The lowest BCUT2D eigenvalue weighted by molar-refractivity contribution is -0.141. The third kappa shape index (κ3) is 4.98. The minimum Gasteiger partial charge on any atom is -0.492 e. The second-order valence-corrected chi connectivity index (χ2v) is 4.85. The van der Waals surface area contributed by atoms with Crippen LogP contribution in [-0.2, 0) is 6.18 Å². The van der Waals surface area contributed by atoms with Crippen LogP contribution >= 0.6 is 0 Å². The molecule has 0 unspecified atom stereocenters. The molecule has 2 aromatic rings. The molecule has 0 atom stereocenters. The molecule has 1 aromatic carbocycles. The summed E-state index contributed by atoms with van der Waals surface area (Å²) in [5.41, 5.74) is 0.0905. The van der Waals surface area contributed by atoms with Crippen molar-refractivity contribution in [2.45, 2.75) is 13.1 Å². The Labute approximate surface area is 131 Å². The maximum absolute atomic E-state index is 12.4. The Balaban J connectivity index is 1.81. The Kier molecular flexibility index (Phi) is 5.20. The summed E-state index contributed by atoms with van der Waals surface area (Å²) in [6.45, 7) is 2.42. The molecule has 7 heteroatoms. The Morgan fingerprint density at radius 1 is 1.26 bits per heavy atom. The highest BCUT2D eigenvalue weighted by Crippen LogP contribution is 2.27. The average molecular weight is 324 g/mol. The van der Waals surface area contributed by atoms with E-state index in [1.807, 2.05) is 25.1 Å². The second-order valence-electron chi connectivity index (χ2n) is 4.85. The SMILES string of the molecule is Cc1cccc(OCCNC(=O)c2ccc(C(F)(F)F)nc2)c1. The first-order chi connectivity index (χ1) is 10.9. The van der Waals surface area contributed by atoms with Crippen molar-refractivity contribution in [3.05, 3.63) is 59.4 Å². The van der Waals surface area contributed by atoms with Gasteiger partial charge in [0.2, 0.25) is 0 Å². The molecule has 0 radical (unpaired) electrons. The lowest BCUT2D eigenvalue weighted by atomic mass is 10.2. The fourth-order valence-electron chi connectivity index (χ4n) is 1.84. The number of halogens is 3. The normalized spacial score (nSPS) is 11.1. The number of hydrogen-bond donors (Lipinski definition) is 1. The van der Waals surface area contributed by atoms with E-state index in [1.54, 1.807) is 6.07 Å². The molecule has 0 fully saturated rings. The monoisotopic (exact) mass is 324 g/mol. The highest BCUT2D eigenvalue weighted by molar-refractivity contribution is 5.93. The Hall–Kier alpha value is -2.57. The lowest BCUT2D eigenvalue weighted by Crippen LogP contribution is -2.28. The fraction of sp³-hybridized carbons (Fsp3) is 0.250. The summed E-state index contributed by atoms with van der Waals surface area (Å²) in [7, 11) is 0. The summed E-state index contributed by atoms with van der Waals surface area (Å²) < 4.78 is 42.6. The fourth-order valence-corrected chi connectivity index (χ4v) is 1.84. The van der Waals surface area contributed by atoms with Crippen LogP contribution in [0.15, 0.2) is 42.6 Å². The standard InChI is InChI=1S/C16H15F3N2O2/c1-11-3-2-4-13(9-11)23-8-7-20-15(22)12-5-6-14(21-10-12)16(17,18)19/h2-6,9-10H,7-8H2,1H3,(H,20,22). The molecule has 2 rings (SSSR count). The van der Waals surface area contributed by atoms with Crippen LogP contribution in [-0.4, -0.2) is 24.0 Å². The first-order valence-corrected chi connectivity index (χ1v) is 6.87. The number of aryl methyl sites for hydroxylation is 1. The number of ether oxygens (including phenoxy) is 1. The van der Waals surface area contributed by atoms with E-state index in [0.29, 0.717) is 5.75 Å². The number of nitrogens with one attached hydrogen (secondary N) is 1. The number of carbonyl (C=O) groups is 1. The van der Waals surface area contributed by atoms with Crippen molar-refractivity contribution in [3.8, 4) is 5.75 Å². The molecule has 0 bridgehead atoms.